The summed E-state index contributed by atoms with van der Waals surface area (Å²) in [4.78, 5) is 13.5. The lowest BCUT2D eigenvalue weighted by molar-refractivity contribution is 0.247. The number of nitrogens with zero attached hydrogens (tertiary/aromatic N) is 4. The average Bonchev–Trinajstić information content (AvgIpc) is 2.99. The van der Waals surface area contributed by atoms with Gasteiger partial charge in [0.15, 0.2) is 5.75 Å². The van der Waals surface area contributed by atoms with Gasteiger partial charge in [0.2, 0.25) is 5.95 Å². The summed E-state index contributed by atoms with van der Waals surface area (Å²) in [6, 6.07) is 0.530. The van der Waals surface area contributed by atoms with Crippen molar-refractivity contribution in [2.24, 2.45) is 5.92 Å². The van der Waals surface area contributed by atoms with Crippen LogP contribution >= 0.6 is 0 Å². The van der Waals surface area contributed by atoms with Crippen molar-refractivity contribution in [1.29, 1.82) is 0 Å². The number of likely N-dealkylation sites (tertiary alicyclic amines) is 1. The highest BCUT2D eigenvalue weighted by atomic mass is 16.5. The third-order valence-electron chi connectivity index (χ3n) is 4.76. The predicted molar refractivity (Wildman–Crippen MR) is 87.4 cm³/mol. The molecule has 0 radical (unpaired) electrons. The lowest BCUT2D eigenvalue weighted by Gasteiger charge is -2.31. The largest absolute Gasteiger partial charge is 0.490 e. The fourth-order valence-corrected chi connectivity index (χ4v) is 3.30. The molecule has 2 fully saturated rings. The van der Waals surface area contributed by atoms with Crippen LogP contribution in [0.15, 0.2) is 12.4 Å². The van der Waals surface area contributed by atoms with Crippen LogP contribution in [0.4, 0.5) is 5.95 Å². The van der Waals surface area contributed by atoms with Gasteiger partial charge in [0.25, 0.3) is 0 Å². The maximum absolute atomic E-state index is 5.84. The van der Waals surface area contributed by atoms with E-state index in [2.05, 4.69) is 39.2 Å². The quantitative estimate of drug-likeness (QED) is 0.876. The van der Waals surface area contributed by atoms with Crippen LogP contribution < -0.4 is 15.0 Å². The second kappa shape index (κ2) is 7.24. The normalized spacial score (nSPS) is 23.6. The summed E-state index contributed by atoms with van der Waals surface area (Å²) in [6.07, 6.45) is 7.12. The Morgan fingerprint density at radius 3 is 2.64 bits per heavy atom. The van der Waals surface area contributed by atoms with E-state index in [0.717, 1.165) is 50.8 Å². The number of aromatic nitrogens is 2. The van der Waals surface area contributed by atoms with E-state index < -0.39 is 0 Å². The van der Waals surface area contributed by atoms with Crippen LogP contribution in [0.1, 0.15) is 19.3 Å². The molecule has 2 aliphatic rings. The molecule has 2 saturated heterocycles. The van der Waals surface area contributed by atoms with E-state index >= 15 is 0 Å². The van der Waals surface area contributed by atoms with Gasteiger partial charge in [-0.1, -0.05) is 0 Å². The van der Waals surface area contributed by atoms with E-state index in [0.29, 0.717) is 12.0 Å². The molecule has 0 amide bonds. The molecule has 1 N–H and O–H groups in total. The molecule has 0 aromatic carbocycles. The second-order valence-corrected chi connectivity index (χ2v) is 6.54. The molecule has 1 aromatic rings. The van der Waals surface area contributed by atoms with Crippen molar-refractivity contribution < 1.29 is 4.74 Å². The number of piperidine rings is 1. The van der Waals surface area contributed by atoms with Gasteiger partial charge in [-0.15, -0.1) is 0 Å². The lowest BCUT2D eigenvalue weighted by Crippen LogP contribution is -2.41. The molecule has 1 atom stereocenters. The SMILES string of the molecule is CN1CCC(COc2cnc(N(C)C3CCNCC3)nc2)C1. The van der Waals surface area contributed by atoms with Crippen LogP contribution in [-0.2, 0) is 0 Å². The van der Waals surface area contributed by atoms with Crippen molar-refractivity contribution in [2.45, 2.75) is 25.3 Å². The lowest BCUT2D eigenvalue weighted by atomic mass is 10.1. The minimum absolute atomic E-state index is 0.530. The summed E-state index contributed by atoms with van der Waals surface area (Å²) in [7, 11) is 4.24. The van der Waals surface area contributed by atoms with E-state index in [1.54, 1.807) is 12.4 Å². The highest BCUT2D eigenvalue weighted by molar-refractivity contribution is 5.32. The van der Waals surface area contributed by atoms with Gasteiger partial charge in [0.1, 0.15) is 0 Å². The maximum atomic E-state index is 5.84. The van der Waals surface area contributed by atoms with E-state index in [1.165, 1.54) is 13.0 Å². The molecule has 6 heteroatoms. The minimum atomic E-state index is 0.530. The number of nitrogens with one attached hydrogen (secondary N) is 1. The number of ether oxygens (including phenoxy) is 1. The van der Waals surface area contributed by atoms with Crippen LogP contribution in [0, 0.1) is 5.92 Å². The number of hydrogen-bond acceptors (Lipinski definition) is 6. The Labute approximate surface area is 132 Å². The Morgan fingerprint density at radius 2 is 2.00 bits per heavy atom. The van der Waals surface area contributed by atoms with Crippen molar-refractivity contribution in [3.63, 3.8) is 0 Å². The molecule has 2 aliphatic heterocycles. The van der Waals surface area contributed by atoms with E-state index in [4.69, 9.17) is 4.74 Å². The highest BCUT2D eigenvalue weighted by Gasteiger charge is 2.21. The van der Waals surface area contributed by atoms with Gasteiger partial charge in [0, 0.05) is 25.6 Å². The van der Waals surface area contributed by atoms with E-state index in [-0.39, 0.29) is 0 Å². The molecule has 0 spiro atoms. The standard InChI is InChI=1S/C16H27N5O/c1-20-8-5-13(11-20)12-22-15-9-18-16(19-10-15)21(2)14-3-6-17-7-4-14/h9-10,13-14,17H,3-8,11-12H2,1-2H3. The van der Waals surface area contributed by atoms with Gasteiger partial charge in [0.05, 0.1) is 19.0 Å². The summed E-state index contributed by atoms with van der Waals surface area (Å²) < 4.78 is 5.84. The smallest absolute Gasteiger partial charge is 0.225 e. The third kappa shape index (κ3) is 3.87. The molecule has 122 valence electrons. The van der Waals surface area contributed by atoms with Gasteiger partial charge in [-0.3, -0.25) is 0 Å². The summed E-state index contributed by atoms with van der Waals surface area (Å²) in [6.45, 7) is 5.21. The van der Waals surface area contributed by atoms with Crippen molar-refractivity contribution in [2.75, 3.05) is 51.8 Å². The predicted octanol–water partition coefficient (Wildman–Crippen LogP) is 0.995. The molecule has 0 saturated carbocycles. The van der Waals surface area contributed by atoms with Gasteiger partial charge < -0.3 is 19.9 Å². The Kier molecular flexibility index (Phi) is 5.10. The zero-order chi connectivity index (χ0) is 15.4. The first-order valence-electron chi connectivity index (χ1n) is 8.29. The molecule has 1 unspecified atom stereocenters. The molecule has 3 heterocycles. The van der Waals surface area contributed by atoms with Crippen LogP contribution in [0.2, 0.25) is 0 Å². The molecular weight excluding hydrogens is 278 g/mol. The Hall–Kier alpha value is -1.40. The van der Waals surface area contributed by atoms with Gasteiger partial charge in [-0.2, -0.15) is 0 Å². The zero-order valence-electron chi connectivity index (χ0n) is 13.7. The molecule has 0 bridgehead atoms. The second-order valence-electron chi connectivity index (χ2n) is 6.54. The van der Waals surface area contributed by atoms with Crippen molar-refractivity contribution in [3.05, 3.63) is 12.4 Å². The molecule has 3 rings (SSSR count). The van der Waals surface area contributed by atoms with E-state index in [1.807, 2.05) is 0 Å². The first kappa shape index (κ1) is 15.5. The Bertz CT molecular complexity index is 460. The van der Waals surface area contributed by atoms with Gasteiger partial charge in [-0.05, 0) is 45.9 Å². The van der Waals surface area contributed by atoms with Crippen molar-refractivity contribution >= 4 is 5.95 Å². The third-order valence-corrected chi connectivity index (χ3v) is 4.76. The zero-order valence-corrected chi connectivity index (χ0v) is 13.7. The van der Waals surface area contributed by atoms with Crippen molar-refractivity contribution in [1.82, 2.24) is 20.2 Å². The Morgan fingerprint density at radius 1 is 1.27 bits per heavy atom. The van der Waals surface area contributed by atoms with Crippen LogP contribution in [-0.4, -0.2) is 67.8 Å². The first-order chi connectivity index (χ1) is 10.7. The first-order valence-corrected chi connectivity index (χ1v) is 8.29. The maximum Gasteiger partial charge on any atom is 0.225 e. The van der Waals surface area contributed by atoms with Crippen LogP contribution in [0.25, 0.3) is 0 Å². The summed E-state index contributed by atoms with van der Waals surface area (Å²) in [5.74, 6) is 2.19. The van der Waals surface area contributed by atoms with Crippen LogP contribution in [0.3, 0.4) is 0 Å². The van der Waals surface area contributed by atoms with Gasteiger partial charge in [-0.25, -0.2) is 9.97 Å². The molecule has 22 heavy (non-hydrogen) atoms. The minimum Gasteiger partial charge on any atom is -0.490 e. The average molecular weight is 305 g/mol. The van der Waals surface area contributed by atoms with Crippen LogP contribution in [0.5, 0.6) is 5.75 Å². The fourth-order valence-electron chi connectivity index (χ4n) is 3.30. The van der Waals surface area contributed by atoms with E-state index in [9.17, 15) is 0 Å². The molecular formula is C16H27N5O. The molecule has 0 aliphatic carbocycles. The Balaban J connectivity index is 1.51. The molecule has 6 nitrogen and oxygen atoms in total. The number of anilines is 1. The summed E-state index contributed by atoms with van der Waals surface area (Å²) in [5, 5.41) is 3.39. The van der Waals surface area contributed by atoms with Crippen molar-refractivity contribution in [3.8, 4) is 5.75 Å². The topological polar surface area (TPSA) is 53.5 Å². The molecule has 1 aromatic heterocycles. The highest BCUT2D eigenvalue weighted by Crippen LogP contribution is 2.19. The number of rotatable bonds is 5. The summed E-state index contributed by atoms with van der Waals surface area (Å²) in [5.41, 5.74) is 0. The monoisotopic (exact) mass is 305 g/mol. The summed E-state index contributed by atoms with van der Waals surface area (Å²) >= 11 is 0. The number of hydrogen-bond donors (Lipinski definition) is 1. The van der Waals surface area contributed by atoms with Gasteiger partial charge >= 0.3 is 0 Å². The fraction of sp³-hybridized carbons (Fsp3) is 0.750.